The third-order valence-corrected chi connectivity index (χ3v) is 6.28. The number of hydrogen-bond donors (Lipinski definition) is 0. The second kappa shape index (κ2) is 7.75. The number of anilines is 1. The Balaban J connectivity index is 1.63. The molecule has 0 radical (unpaired) electrons. The molecular formula is C27H25N3O2. The average molecular weight is 424 g/mol. The van der Waals surface area contributed by atoms with Crippen LogP contribution in [0.25, 0.3) is 22.0 Å². The summed E-state index contributed by atoms with van der Waals surface area (Å²) in [5, 5.41) is 6.09. The van der Waals surface area contributed by atoms with E-state index in [0.29, 0.717) is 5.39 Å². The summed E-state index contributed by atoms with van der Waals surface area (Å²) in [6, 6.07) is 21.7. The van der Waals surface area contributed by atoms with Crippen LogP contribution in [0.4, 0.5) is 5.69 Å². The van der Waals surface area contributed by atoms with Gasteiger partial charge in [-0.25, -0.2) is 4.68 Å². The summed E-state index contributed by atoms with van der Waals surface area (Å²) in [7, 11) is 0. The number of carbonyl (C=O) groups excluding carboxylic acids is 1. The zero-order valence-corrected chi connectivity index (χ0v) is 18.5. The van der Waals surface area contributed by atoms with Crippen molar-refractivity contribution in [2.45, 2.75) is 39.8 Å². The molecule has 5 heteroatoms. The van der Waals surface area contributed by atoms with E-state index in [9.17, 15) is 9.59 Å². The molecule has 160 valence electrons. The maximum Gasteiger partial charge on any atom is 0.275 e. The van der Waals surface area contributed by atoms with Crippen molar-refractivity contribution in [2.24, 2.45) is 0 Å². The van der Waals surface area contributed by atoms with Gasteiger partial charge in [0.15, 0.2) is 0 Å². The largest absolute Gasteiger partial charge is 0.307 e. The van der Waals surface area contributed by atoms with Gasteiger partial charge in [0, 0.05) is 22.7 Å². The molecule has 5 nitrogen and oxygen atoms in total. The molecule has 5 rings (SSSR count). The average Bonchev–Trinajstić information content (AvgIpc) is 3.13. The van der Waals surface area contributed by atoms with Crippen molar-refractivity contribution in [3.8, 4) is 11.3 Å². The highest BCUT2D eigenvalue weighted by molar-refractivity contribution is 5.97. The van der Waals surface area contributed by atoms with E-state index in [-0.39, 0.29) is 24.1 Å². The highest BCUT2D eigenvalue weighted by atomic mass is 16.2. The molecule has 0 bridgehead atoms. The summed E-state index contributed by atoms with van der Waals surface area (Å²) in [6.07, 6.45) is 0.815. The maximum absolute atomic E-state index is 13.4. The molecule has 0 fully saturated rings. The molecule has 32 heavy (non-hydrogen) atoms. The lowest BCUT2D eigenvalue weighted by atomic mass is 9.99. The number of amides is 1. The third-order valence-electron chi connectivity index (χ3n) is 6.28. The fourth-order valence-corrected chi connectivity index (χ4v) is 4.68. The van der Waals surface area contributed by atoms with Crippen LogP contribution in [-0.2, 0) is 17.8 Å². The van der Waals surface area contributed by atoms with Gasteiger partial charge in [0.2, 0.25) is 5.91 Å². The first-order valence-corrected chi connectivity index (χ1v) is 10.9. The van der Waals surface area contributed by atoms with Gasteiger partial charge in [-0.05, 0) is 56.5 Å². The molecule has 0 aliphatic carbocycles. The number of para-hydroxylation sites is 1. The second-order valence-electron chi connectivity index (χ2n) is 8.62. The van der Waals surface area contributed by atoms with E-state index in [1.807, 2.05) is 63.2 Å². The third kappa shape index (κ3) is 3.30. The molecule has 4 aromatic rings. The molecule has 2 heterocycles. The molecule has 0 spiro atoms. The lowest BCUT2D eigenvalue weighted by Gasteiger charge is -2.23. The van der Waals surface area contributed by atoms with Gasteiger partial charge in [0.05, 0.1) is 11.1 Å². The molecule has 1 aliphatic heterocycles. The van der Waals surface area contributed by atoms with Gasteiger partial charge < -0.3 is 4.90 Å². The minimum absolute atomic E-state index is 0.0505. The number of aryl methyl sites for hydroxylation is 2. The number of rotatable bonds is 3. The van der Waals surface area contributed by atoms with E-state index in [1.165, 1.54) is 4.68 Å². The van der Waals surface area contributed by atoms with Crippen LogP contribution in [0.15, 0.2) is 71.5 Å². The topological polar surface area (TPSA) is 55.2 Å². The summed E-state index contributed by atoms with van der Waals surface area (Å²) in [4.78, 5) is 28.4. The summed E-state index contributed by atoms with van der Waals surface area (Å²) < 4.78 is 1.33. The van der Waals surface area contributed by atoms with Crippen LogP contribution in [0, 0.1) is 13.8 Å². The van der Waals surface area contributed by atoms with E-state index in [2.05, 4.69) is 24.3 Å². The number of benzene rings is 3. The van der Waals surface area contributed by atoms with Gasteiger partial charge in [-0.15, -0.1) is 0 Å². The fourth-order valence-electron chi connectivity index (χ4n) is 4.68. The van der Waals surface area contributed by atoms with Gasteiger partial charge in [0.25, 0.3) is 5.56 Å². The highest BCUT2D eigenvalue weighted by Gasteiger charge is 2.31. The summed E-state index contributed by atoms with van der Waals surface area (Å²) in [5.74, 6) is -0.126. The molecular weight excluding hydrogens is 398 g/mol. The van der Waals surface area contributed by atoms with Gasteiger partial charge in [-0.3, -0.25) is 9.59 Å². The Labute approximate surface area is 186 Å². The molecule has 1 aromatic heterocycles. The van der Waals surface area contributed by atoms with Crippen LogP contribution >= 0.6 is 0 Å². The van der Waals surface area contributed by atoms with E-state index in [1.54, 1.807) is 4.90 Å². The van der Waals surface area contributed by atoms with Gasteiger partial charge >= 0.3 is 0 Å². The molecule has 1 aliphatic rings. The Morgan fingerprint density at radius 3 is 2.53 bits per heavy atom. The first-order valence-electron chi connectivity index (χ1n) is 10.9. The van der Waals surface area contributed by atoms with E-state index in [0.717, 1.165) is 45.4 Å². The Morgan fingerprint density at radius 1 is 1.00 bits per heavy atom. The Hall–Kier alpha value is -3.73. The van der Waals surface area contributed by atoms with Gasteiger partial charge in [-0.2, -0.15) is 5.10 Å². The van der Waals surface area contributed by atoms with Crippen LogP contribution in [0.1, 0.15) is 23.6 Å². The Morgan fingerprint density at radius 2 is 1.72 bits per heavy atom. The van der Waals surface area contributed by atoms with Crippen molar-refractivity contribution in [1.29, 1.82) is 0 Å². The second-order valence-corrected chi connectivity index (χ2v) is 8.62. The van der Waals surface area contributed by atoms with Crippen molar-refractivity contribution < 1.29 is 4.79 Å². The lowest BCUT2D eigenvalue weighted by Crippen LogP contribution is -2.40. The number of fused-ring (bicyclic) bond motifs is 2. The normalized spacial score (nSPS) is 15.2. The predicted octanol–water partition coefficient (Wildman–Crippen LogP) is 4.66. The first-order chi connectivity index (χ1) is 15.4. The monoisotopic (exact) mass is 423 g/mol. The van der Waals surface area contributed by atoms with Gasteiger partial charge in [-0.1, -0.05) is 54.1 Å². The molecule has 3 aromatic carbocycles. The molecule has 0 N–H and O–H groups in total. The summed E-state index contributed by atoms with van der Waals surface area (Å²) >= 11 is 0. The van der Waals surface area contributed by atoms with Crippen LogP contribution in [-0.4, -0.2) is 21.7 Å². The van der Waals surface area contributed by atoms with Crippen LogP contribution < -0.4 is 10.5 Å². The van der Waals surface area contributed by atoms with E-state index in [4.69, 9.17) is 5.10 Å². The fraction of sp³-hybridized carbons (Fsp3) is 0.222. The van der Waals surface area contributed by atoms with Crippen molar-refractivity contribution in [1.82, 2.24) is 9.78 Å². The smallest absolute Gasteiger partial charge is 0.275 e. The van der Waals surface area contributed by atoms with Crippen molar-refractivity contribution in [3.05, 3.63) is 93.8 Å². The van der Waals surface area contributed by atoms with E-state index >= 15 is 0 Å². The zero-order valence-electron chi connectivity index (χ0n) is 18.5. The van der Waals surface area contributed by atoms with Crippen LogP contribution in [0.2, 0.25) is 0 Å². The standard InChI is InChI=1S/C27H25N3O2/c1-17-12-13-18(2)23(14-17)26-21-9-5-6-10-22(21)27(32)29(28-26)16-25(31)30-19(3)15-20-8-4-7-11-24(20)30/h4-14,19H,15-16H2,1-3H3. The minimum atomic E-state index is -0.247. The summed E-state index contributed by atoms with van der Waals surface area (Å²) in [5.41, 5.74) is 5.73. The molecule has 1 amide bonds. The minimum Gasteiger partial charge on any atom is -0.307 e. The predicted molar refractivity (Wildman–Crippen MR) is 128 cm³/mol. The zero-order chi connectivity index (χ0) is 22.4. The van der Waals surface area contributed by atoms with E-state index < -0.39 is 0 Å². The number of nitrogens with zero attached hydrogens (tertiary/aromatic N) is 3. The van der Waals surface area contributed by atoms with Crippen LogP contribution in [0.5, 0.6) is 0 Å². The number of carbonyl (C=O) groups is 1. The van der Waals surface area contributed by atoms with Crippen molar-refractivity contribution in [3.63, 3.8) is 0 Å². The van der Waals surface area contributed by atoms with Crippen molar-refractivity contribution in [2.75, 3.05) is 4.90 Å². The number of hydrogen-bond acceptors (Lipinski definition) is 3. The molecule has 0 saturated carbocycles. The molecule has 0 saturated heterocycles. The SMILES string of the molecule is Cc1ccc(C)c(-c2nn(CC(=O)N3c4ccccc4CC3C)c(=O)c3ccccc23)c1. The lowest BCUT2D eigenvalue weighted by molar-refractivity contribution is -0.119. The summed E-state index contributed by atoms with van der Waals surface area (Å²) in [6.45, 7) is 6.02. The Bertz CT molecular complexity index is 1420. The highest BCUT2D eigenvalue weighted by Crippen LogP contribution is 2.32. The Kier molecular flexibility index (Phi) is 4.89. The maximum atomic E-state index is 13.4. The van der Waals surface area contributed by atoms with Crippen LogP contribution in [0.3, 0.4) is 0 Å². The molecule has 1 atom stereocenters. The number of aromatic nitrogens is 2. The molecule has 1 unspecified atom stereocenters. The van der Waals surface area contributed by atoms with Gasteiger partial charge in [0.1, 0.15) is 6.54 Å². The first kappa shape index (κ1) is 20.2. The quantitative estimate of drug-likeness (QED) is 0.482. The van der Waals surface area contributed by atoms with Crippen molar-refractivity contribution >= 4 is 22.4 Å².